The van der Waals surface area contributed by atoms with Crippen LogP contribution < -0.4 is 4.74 Å². The van der Waals surface area contributed by atoms with E-state index in [4.69, 9.17) is 0 Å². The van der Waals surface area contributed by atoms with Crippen molar-refractivity contribution >= 4 is 11.3 Å². The van der Waals surface area contributed by atoms with E-state index in [1.54, 1.807) is 23.5 Å². The Morgan fingerprint density at radius 3 is 2.44 bits per heavy atom. The highest BCUT2D eigenvalue weighted by Crippen LogP contribution is 2.39. The summed E-state index contributed by atoms with van der Waals surface area (Å²) in [7, 11) is 0. The Hall–Kier alpha value is -2.31. The largest absolute Gasteiger partial charge is 0.573 e. The number of hydrogen-bond donors (Lipinski definition) is 0. The van der Waals surface area contributed by atoms with Gasteiger partial charge in [0.15, 0.2) is 0 Å². The van der Waals surface area contributed by atoms with Crippen LogP contribution in [0.25, 0.3) is 0 Å². The highest BCUT2D eigenvalue weighted by molar-refractivity contribution is 7.10. The fourth-order valence-corrected chi connectivity index (χ4v) is 4.50. The van der Waals surface area contributed by atoms with Crippen LogP contribution in [0.1, 0.15) is 27.6 Å². The molecule has 140 valence electrons. The van der Waals surface area contributed by atoms with Crippen LogP contribution in [0.15, 0.2) is 66.0 Å². The van der Waals surface area contributed by atoms with Crippen molar-refractivity contribution in [2.75, 3.05) is 6.54 Å². The maximum Gasteiger partial charge on any atom is 0.573 e. The summed E-state index contributed by atoms with van der Waals surface area (Å²) in [5.41, 5.74) is 3.43. The number of nitrogens with zero attached hydrogens (tertiary/aromatic N) is 1. The lowest BCUT2D eigenvalue weighted by molar-refractivity contribution is -0.274. The molecule has 2 nitrogen and oxygen atoms in total. The summed E-state index contributed by atoms with van der Waals surface area (Å²) in [6, 6.07) is 18.6. The molecule has 0 unspecified atom stereocenters. The van der Waals surface area contributed by atoms with Crippen LogP contribution in [0, 0.1) is 0 Å². The molecule has 0 spiro atoms. The topological polar surface area (TPSA) is 12.5 Å². The van der Waals surface area contributed by atoms with Crippen LogP contribution in [-0.2, 0) is 13.0 Å². The third kappa shape index (κ3) is 4.17. The average molecular weight is 389 g/mol. The smallest absolute Gasteiger partial charge is 0.406 e. The van der Waals surface area contributed by atoms with E-state index in [0.717, 1.165) is 25.1 Å². The van der Waals surface area contributed by atoms with E-state index >= 15 is 0 Å². The molecule has 0 amide bonds. The standard InChI is InChI=1S/C21H18F3NOS/c22-21(23,24)26-17-8-6-16(7-9-17)20-18-11-13-27-19(18)10-12-25(20)14-15-4-2-1-3-5-15/h1-9,11,13,20H,10,12,14H2/t20-/m1/s1. The number of rotatable bonds is 4. The Morgan fingerprint density at radius 2 is 1.74 bits per heavy atom. The number of alkyl halides is 3. The lowest BCUT2D eigenvalue weighted by atomic mass is 9.92. The van der Waals surface area contributed by atoms with Crippen molar-refractivity contribution in [2.24, 2.45) is 0 Å². The lowest BCUT2D eigenvalue weighted by Crippen LogP contribution is -2.34. The molecule has 3 aromatic rings. The van der Waals surface area contributed by atoms with Gasteiger partial charge in [0, 0.05) is 18.0 Å². The third-order valence-corrected chi connectivity index (χ3v) is 5.72. The Balaban J connectivity index is 1.64. The minimum Gasteiger partial charge on any atom is -0.406 e. The molecule has 1 aliphatic rings. The van der Waals surface area contributed by atoms with Crippen molar-refractivity contribution in [3.63, 3.8) is 0 Å². The molecule has 1 atom stereocenters. The predicted molar refractivity (Wildman–Crippen MR) is 99.8 cm³/mol. The van der Waals surface area contributed by atoms with Crippen molar-refractivity contribution in [3.8, 4) is 5.75 Å². The first-order valence-electron chi connectivity index (χ1n) is 8.69. The molecule has 27 heavy (non-hydrogen) atoms. The molecule has 2 aromatic carbocycles. The van der Waals surface area contributed by atoms with Gasteiger partial charge in [0.05, 0.1) is 6.04 Å². The molecular weight excluding hydrogens is 371 g/mol. The number of hydrogen-bond acceptors (Lipinski definition) is 3. The van der Waals surface area contributed by atoms with Crippen LogP contribution in [0.4, 0.5) is 13.2 Å². The van der Waals surface area contributed by atoms with Crippen LogP contribution in [0.5, 0.6) is 5.75 Å². The number of fused-ring (bicyclic) bond motifs is 1. The minimum absolute atomic E-state index is 0.0279. The Labute approximate surface area is 159 Å². The van der Waals surface area contributed by atoms with Gasteiger partial charge < -0.3 is 4.74 Å². The number of halogens is 3. The first kappa shape index (κ1) is 18.1. The average Bonchev–Trinajstić information content (AvgIpc) is 3.11. The predicted octanol–water partition coefficient (Wildman–Crippen LogP) is 5.79. The molecule has 0 fully saturated rings. The van der Waals surface area contributed by atoms with E-state index in [1.807, 2.05) is 18.2 Å². The maximum absolute atomic E-state index is 12.4. The summed E-state index contributed by atoms with van der Waals surface area (Å²) in [5.74, 6) is -0.192. The number of thiophene rings is 1. The van der Waals surface area contributed by atoms with Gasteiger partial charge in [-0.2, -0.15) is 0 Å². The number of ether oxygens (including phenoxy) is 1. The fourth-order valence-electron chi connectivity index (χ4n) is 3.60. The van der Waals surface area contributed by atoms with Crippen molar-refractivity contribution in [1.29, 1.82) is 0 Å². The van der Waals surface area contributed by atoms with Gasteiger partial charge in [-0.25, -0.2) is 0 Å². The van der Waals surface area contributed by atoms with Gasteiger partial charge in [0.2, 0.25) is 0 Å². The van der Waals surface area contributed by atoms with E-state index < -0.39 is 6.36 Å². The van der Waals surface area contributed by atoms with Crippen molar-refractivity contribution in [2.45, 2.75) is 25.4 Å². The second-order valence-electron chi connectivity index (χ2n) is 6.52. The SMILES string of the molecule is FC(F)(F)Oc1ccc([C@@H]2c3ccsc3CCN2Cc2ccccc2)cc1. The molecule has 0 aliphatic carbocycles. The van der Waals surface area contributed by atoms with Gasteiger partial charge in [-0.05, 0) is 46.7 Å². The summed E-state index contributed by atoms with van der Waals surface area (Å²) in [4.78, 5) is 3.73. The zero-order valence-corrected chi connectivity index (χ0v) is 15.3. The molecule has 0 radical (unpaired) electrons. The highest BCUT2D eigenvalue weighted by atomic mass is 32.1. The fraction of sp³-hybridized carbons (Fsp3) is 0.238. The molecule has 0 N–H and O–H groups in total. The summed E-state index contributed by atoms with van der Waals surface area (Å²) >= 11 is 1.74. The van der Waals surface area contributed by atoms with Crippen LogP contribution in [0.3, 0.4) is 0 Å². The van der Waals surface area contributed by atoms with E-state index in [-0.39, 0.29) is 11.8 Å². The Bertz CT molecular complexity index is 890. The van der Waals surface area contributed by atoms with E-state index in [0.29, 0.717) is 0 Å². The normalized spacial score (nSPS) is 17.5. The summed E-state index contributed by atoms with van der Waals surface area (Å²) < 4.78 is 41.3. The van der Waals surface area contributed by atoms with Gasteiger partial charge in [0.1, 0.15) is 5.75 Å². The molecule has 2 heterocycles. The molecule has 0 saturated carbocycles. The monoisotopic (exact) mass is 389 g/mol. The first-order chi connectivity index (χ1) is 13.0. The van der Waals surface area contributed by atoms with Gasteiger partial charge >= 0.3 is 6.36 Å². The number of benzene rings is 2. The first-order valence-corrected chi connectivity index (χ1v) is 9.57. The highest BCUT2D eigenvalue weighted by Gasteiger charge is 2.32. The van der Waals surface area contributed by atoms with Crippen LogP contribution in [-0.4, -0.2) is 17.8 Å². The quantitative estimate of drug-likeness (QED) is 0.560. The molecule has 0 bridgehead atoms. The zero-order valence-electron chi connectivity index (χ0n) is 14.4. The second kappa shape index (κ2) is 7.37. The van der Waals surface area contributed by atoms with E-state index in [1.165, 1.54) is 28.1 Å². The Kier molecular flexibility index (Phi) is 4.93. The molecular formula is C21H18F3NOS. The van der Waals surface area contributed by atoms with Crippen molar-refractivity contribution in [3.05, 3.63) is 87.6 Å². The Morgan fingerprint density at radius 1 is 1.00 bits per heavy atom. The molecule has 4 rings (SSSR count). The third-order valence-electron chi connectivity index (χ3n) is 4.72. The van der Waals surface area contributed by atoms with E-state index in [9.17, 15) is 13.2 Å². The maximum atomic E-state index is 12.4. The minimum atomic E-state index is -4.67. The molecule has 0 saturated heterocycles. The summed E-state index contributed by atoms with van der Waals surface area (Å²) in [5, 5.41) is 2.09. The lowest BCUT2D eigenvalue weighted by Gasteiger charge is -2.36. The molecule has 6 heteroatoms. The van der Waals surface area contributed by atoms with Crippen LogP contribution in [0.2, 0.25) is 0 Å². The van der Waals surface area contributed by atoms with Gasteiger partial charge in [-0.15, -0.1) is 24.5 Å². The second-order valence-corrected chi connectivity index (χ2v) is 7.53. The summed E-state index contributed by atoms with van der Waals surface area (Å²) in [6.45, 7) is 1.70. The van der Waals surface area contributed by atoms with Gasteiger partial charge in [-0.1, -0.05) is 42.5 Å². The molecule has 1 aliphatic heterocycles. The molecule has 1 aromatic heterocycles. The zero-order chi connectivity index (χ0) is 18.9. The van der Waals surface area contributed by atoms with Crippen molar-refractivity contribution in [1.82, 2.24) is 4.90 Å². The van der Waals surface area contributed by atoms with Gasteiger partial charge in [0.25, 0.3) is 0 Å². The summed E-state index contributed by atoms with van der Waals surface area (Å²) in [6.07, 6.45) is -3.68. The van der Waals surface area contributed by atoms with Gasteiger partial charge in [-0.3, -0.25) is 4.90 Å². The van der Waals surface area contributed by atoms with E-state index in [2.05, 4.69) is 33.2 Å². The van der Waals surface area contributed by atoms with Crippen LogP contribution >= 0.6 is 11.3 Å². The van der Waals surface area contributed by atoms with Crippen molar-refractivity contribution < 1.29 is 17.9 Å².